The number of aryl methyl sites for hydroxylation is 1. The summed E-state index contributed by atoms with van der Waals surface area (Å²) in [6.07, 6.45) is 3.33. The molecule has 0 fully saturated rings. The molecule has 0 spiro atoms. The largest absolute Gasteiger partial charge is 0.331 e. The Kier molecular flexibility index (Phi) is 4.58. The summed E-state index contributed by atoms with van der Waals surface area (Å²) in [5.74, 6) is 0. The van der Waals surface area contributed by atoms with Crippen molar-refractivity contribution in [3.05, 3.63) is 59.9 Å². The Balaban J connectivity index is 1.87. The second-order valence-electron chi connectivity index (χ2n) is 3.95. The van der Waals surface area contributed by atoms with Gasteiger partial charge >= 0.3 is 0 Å². The lowest BCUT2D eigenvalue weighted by Gasteiger charge is -2.07. The van der Waals surface area contributed by atoms with Crippen LogP contribution >= 0.6 is 12.2 Å². The molecule has 2 aromatic rings. The molecule has 5 heteroatoms. The highest BCUT2D eigenvalue weighted by Crippen LogP contribution is 2.08. The predicted octanol–water partition coefficient (Wildman–Crippen LogP) is 2.71. The third kappa shape index (κ3) is 4.48. The van der Waals surface area contributed by atoms with Gasteiger partial charge in [0.25, 0.3) is 0 Å². The van der Waals surface area contributed by atoms with Crippen LogP contribution in [0.2, 0.25) is 0 Å². The zero-order chi connectivity index (χ0) is 13.5. The third-order valence-corrected chi connectivity index (χ3v) is 2.52. The summed E-state index contributed by atoms with van der Waals surface area (Å²) in [5.41, 5.74) is 5.63. The van der Waals surface area contributed by atoms with Crippen molar-refractivity contribution in [3.63, 3.8) is 0 Å². The van der Waals surface area contributed by atoms with Crippen molar-refractivity contribution in [1.29, 1.82) is 0 Å². The SMILES string of the molecule is Cc1cccc(NC(=S)N/N=C/c2ccccn2)c1. The van der Waals surface area contributed by atoms with Gasteiger partial charge in [0.15, 0.2) is 5.11 Å². The van der Waals surface area contributed by atoms with E-state index in [-0.39, 0.29) is 0 Å². The van der Waals surface area contributed by atoms with Crippen LogP contribution in [-0.2, 0) is 0 Å². The van der Waals surface area contributed by atoms with E-state index in [1.165, 1.54) is 5.56 Å². The number of nitrogens with one attached hydrogen (secondary N) is 2. The number of hydrazone groups is 1. The summed E-state index contributed by atoms with van der Waals surface area (Å²) in [6, 6.07) is 13.6. The maximum atomic E-state index is 5.14. The summed E-state index contributed by atoms with van der Waals surface area (Å²) < 4.78 is 0. The second kappa shape index (κ2) is 6.61. The Labute approximate surface area is 117 Å². The number of pyridine rings is 1. The van der Waals surface area contributed by atoms with Crippen LogP contribution < -0.4 is 10.7 Å². The molecule has 96 valence electrons. The fraction of sp³-hybridized carbons (Fsp3) is 0.0714. The van der Waals surface area contributed by atoms with Crippen LogP contribution in [0.25, 0.3) is 0 Å². The molecule has 0 aliphatic rings. The van der Waals surface area contributed by atoms with E-state index >= 15 is 0 Å². The molecule has 2 rings (SSSR count). The van der Waals surface area contributed by atoms with E-state index in [9.17, 15) is 0 Å². The smallest absolute Gasteiger partial charge is 0.191 e. The van der Waals surface area contributed by atoms with Crippen molar-refractivity contribution in [3.8, 4) is 0 Å². The van der Waals surface area contributed by atoms with E-state index in [4.69, 9.17) is 12.2 Å². The first-order valence-electron chi connectivity index (χ1n) is 5.82. The van der Waals surface area contributed by atoms with Gasteiger partial charge in [0.2, 0.25) is 0 Å². The number of hydrogen-bond acceptors (Lipinski definition) is 3. The molecule has 19 heavy (non-hydrogen) atoms. The van der Waals surface area contributed by atoms with Crippen LogP contribution in [0.4, 0.5) is 5.69 Å². The van der Waals surface area contributed by atoms with E-state index in [1.54, 1.807) is 12.4 Å². The highest BCUT2D eigenvalue weighted by molar-refractivity contribution is 7.80. The minimum Gasteiger partial charge on any atom is -0.331 e. The summed E-state index contributed by atoms with van der Waals surface area (Å²) >= 11 is 5.14. The third-order valence-electron chi connectivity index (χ3n) is 2.33. The lowest BCUT2D eigenvalue weighted by molar-refractivity contribution is 1.05. The normalized spacial score (nSPS) is 10.4. The van der Waals surface area contributed by atoms with E-state index < -0.39 is 0 Å². The van der Waals surface area contributed by atoms with Gasteiger partial charge in [0, 0.05) is 11.9 Å². The maximum Gasteiger partial charge on any atom is 0.191 e. The number of thiocarbonyl (C=S) groups is 1. The number of aromatic nitrogens is 1. The van der Waals surface area contributed by atoms with E-state index in [2.05, 4.69) is 20.8 Å². The van der Waals surface area contributed by atoms with Gasteiger partial charge < -0.3 is 5.32 Å². The summed E-state index contributed by atoms with van der Waals surface area (Å²) in [7, 11) is 0. The average Bonchev–Trinajstić information content (AvgIpc) is 2.40. The van der Waals surface area contributed by atoms with Crippen LogP contribution in [0.3, 0.4) is 0 Å². The van der Waals surface area contributed by atoms with Crippen molar-refractivity contribution in [2.24, 2.45) is 5.10 Å². The van der Waals surface area contributed by atoms with E-state index in [1.807, 2.05) is 49.4 Å². The van der Waals surface area contributed by atoms with Gasteiger partial charge in [-0.25, -0.2) is 0 Å². The highest BCUT2D eigenvalue weighted by Gasteiger charge is 1.95. The first kappa shape index (κ1) is 13.2. The van der Waals surface area contributed by atoms with Gasteiger partial charge in [-0.05, 0) is 49.0 Å². The Bertz CT molecular complexity index is 581. The van der Waals surface area contributed by atoms with Crippen molar-refractivity contribution < 1.29 is 0 Å². The van der Waals surface area contributed by atoms with E-state index in [0.717, 1.165) is 11.4 Å². The van der Waals surface area contributed by atoms with Gasteiger partial charge in [-0.2, -0.15) is 5.10 Å². The quantitative estimate of drug-likeness (QED) is 0.511. The van der Waals surface area contributed by atoms with Crippen molar-refractivity contribution in [2.45, 2.75) is 6.92 Å². The Morgan fingerprint density at radius 3 is 2.89 bits per heavy atom. The Morgan fingerprint density at radius 2 is 2.16 bits per heavy atom. The average molecular weight is 270 g/mol. The Morgan fingerprint density at radius 1 is 1.26 bits per heavy atom. The molecule has 4 nitrogen and oxygen atoms in total. The summed E-state index contributed by atoms with van der Waals surface area (Å²) in [5, 5.41) is 7.52. The maximum absolute atomic E-state index is 5.14. The van der Waals surface area contributed by atoms with Crippen molar-refractivity contribution in [2.75, 3.05) is 5.32 Å². The van der Waals surface area contributed by atoms with Crippen molar-refractivity contribution in [1.82, 2.24) is 10.4 Å². The van der Waals surface area contributed by atoms with Gasteiger partial charge in [-0.3, -0.25) is 10.4 Å². The van der Waals surface area contributed by atoms with Crippen LogP contribution in [0.5, 0.6) is 0 Å². The number of benzene rings is 1. The predicted molar refractivity (Wildman–Crippen MR) is 82.4 cm³/mol. The molecule has 1 aromatic carbocycles. The second-order valence-corrected chi connectivity index (χ2v) is 4.36. The van der Waals surface area contributed by atoms with Gasteiger partial charge in [0.1, 0.15) is 0 Å². The fourth-order valence-corrected chi connectivity index (χ4v) is 1.66. The molecule has 0 aliphatic heterocycles. The van der Waals surface area contributed by atoms with Gasteiger partial charge in [0.05, 0.1) is 11.9 Å². The topological polar surface area (TPSA) is 49.3 Å². The standard InChI is InChI=1S/C14H14N4S/c1-11-5-4-7-12(9-11)17-14(19)18-16-10-13-6-2-3-8-15-13/h2-10H,1H3,(H2,17,18,19)/b16-10+. The zero-order valence-corrected chi connectivity index (χ0v) is 11.3. The molecule has 0 amide bonds. The van der Waals surface area contributed by atoms with Crippen LogP contribution in [0, 0.1) is 6.92 Å². The number of anilines is 1. The van der Waals surface area contributed by atoms with Crippen LogP contribution in [-0.4, -0.2) is 16.3 Å². The number of nitrogens with zero attached hydrogens (tertiary/aromatic N) is 2. The lowest BCUT2D eigenvalue weighted by Crippen LogP contribution is -2.23. The molecule has 0 saturated heterocycles. The molecule has 0 atom stereocenters. The molecular formula is C14H14N4S. The molecule has 1 aromatic heterocycles. The zero-order valence-electron chi connectivity index (χ0n) is 10.5. The molecule has 0 radical (unpaired) electrons. The van der Waals surface area contributed by atoms with E-state index in [0.29, 0.717) is 5.11 Å². The molecule has 0 bridgehead atoms. The number of rotatable bonds is 3. The molecule has 0 aliphatic carbocycles. The molecular weight excluding hydrogens is 256 g/mol. The molecule has 0 saturated carbocycles. The summed E-state index contributed by atoms with van der Waals surface area (Å²) in [4.78, 5) is 4.12. The lowest BCUT2D eigenvalue weighted by atomic mass is 10.2. The minimum atomic E-state index is 0.442. The Hall–Kier alpha value is -2.27. The minimum absolute atomic E-state index is 0.442. The highest BCUT2D eigenvalue weighted by atomic mass is 32.1. The monoisotopic (exact) mass is 270 g/mol. The van der Waals surface area contributed by atoms with Gasteiger partial charge in [-0.15, -0.1) is 0 Å². The van der Waals surface area contributed by atoms with Crippen LogP contribution in [0.15, 0.2) is 53.8 Å². The molecule has 2 N–H and O–H groups in total. The first-order valence-corrected chi connectivity index (χ1v) is 6.22. The van der Waals surface area contributed by atoms with Crippen LogP contribution in [0.1, 0.15) is 11.3 Å². The first-order chi connectivity index (χ1) is 9.24. The number of hydrogen-bond donors (Lipinski definition) is 2. The molecule has 0 unspecified atom stereocenters. The summed E-state index contributed by atoms with van der Waals surface area (Å²) in [6.45, 7) is 2.03. The van der Waals surface area contributed by atoms with Gasteiger partial charge in [-0.1, -0.05) is 18.2 Å². The van der Waals surface area contributed by atoms with Crippen molar-refractivity contribution >= 4 is 29.2 Å². The fourth-order valence-electron chi connectivity index (χ4n) is 1.49. The molecule has 1 heterocycles.